The second-order valence-electron chi connectivity index (χ2n) is 6.22. The largest absolute Gasteiger partial charge is 0.352 e. The topological polar surface area (TPSA) is 74.2 Å². The summed E-state index contributed by atoms with van der Waals surface area (Å²) >= 11 is 0. The Kier molecular flexibility index (Phi) is 3.98. The molecule has 0 spiro atoms. The summed E-state index contributed by atoms with van der Waals surface area (Å²) in [4.78, 5) is 20.2. The lowest BCUT2D eigenvalue weighted by Crippen LogP contribution is -2.49. The molecular weight excluding hydrogens is 304 g/mol. The Labute approximate surface area is 140 Å². The Morgan fingerprint density at radius 2 is 1.75 bits per heavy atom. The molecule has 24 heavy (non-hydrogen) atoms. The molecule has 1 saturated heterocycles. The first-order chi connectivity index (χ1) is 11.8. The van der Waals surface area contributed by atoms with Gasteiger partial charge in [-0.3, -0.25) is 9.78 Å². The summed E-state index contributed by atoms with van der Waals surface area (Å²) in [6, 6.07) is 7.65. The molecule has 7 heteroatoms. The fourth-order valence-corrected chi connectivity index (χ4v) is 2.89. The van der Waals surface area contributed by atoms with Crippen LogP contribution in [0.2, 0.25) is 0 Å². The fourth-order valence-electron chi connectivity index (χ4n) is 2.89. The molecule has 0 radical (unpaired) electrons. The van der Waals surface area contributed by atoms with E-state index in [2.05, 4.69) is 25.4 Å². The van der Waals surface area contributed by atoms with Gasteiger partial charge in [0, 0.05) is 50.2 Å². The Bertz CT molecular complexity index is 693. The van der Waals surface area contributed by atoms with Crippen LogP contribution in [0.15, 0.2) is 36.7 Å². The molecule has 1 saturated carbocycles. The highest BCUT2D eigenvalue weighted by Gasteiger charge is 2.34. The smallest absolute Gasteiger partial charge is 0.225 e. The number of carbonyl (C=O) groups excluding carboxylic acids is 1. The van der Waals surface area contributed by atoms with Crippen LogP contribution in [0, 0.1) is 5.92 Å². The van der Waals surface area contributed by atoms with E-state index >= 15 is 0 Å². The van der Waals surface area contributed by atoms with Crippen LogP contribution in [-0.4, -0.2) is 52.2 Å². The van der Waals surface area contributed by atoms with Crippen molar-refractivity contribution in [3.8, 4) is 0 Å². The van der Waals surface area contributed by atoms with Gasteiger partial charge in [-0.25, -0.2) is 0 Å². The summed E-state index contributed by atoms with van der Waals surface area (Å²) in [6.07, 6.45) is 5.59. The summed E-state index contributed by atoms with van der Waals surface area (Å²) < 4.78 is 0. The van der Waals surface area contributed by atoms with Gasteiger partial charge in [-0.05, 0) is 37.1 Å². The Morgan fingerprint density at radius 3 is 2.38 bits per heavy atom. The van der Waals surface area contributed by atoms with Gasteiger partial charge in [-0.1, -0.05) is 0 Å². The number of hydrogen-bond acceptors (Lipinski definition) is 6. The maximum absolute atomic E-state index is 12.1. The van der Waals surface area contributed by atoms with Gasteiger partial charge < -0.3 is 15.1 Å². The highest BCUT2D eigenvalue weighted by atomic mass is 16.2. The van der Waals surface area contributed by atoms with Crippen molar-refractivity contribution in [2.24, 2.45) is 5.92 Å². The molecule has 1 amide bonds. The van der Waals surface area contributed by atoms with E-state index in [0.717, 1.165) is 50.5 Å². The number of aromatic nitrogens is 3. The van der Waals surface area contributed by atoms with Crippen LogP contribution in [0.5, 0.6) is 0 Å². The van der Waals surface area contributed by atoms with Crippen LogP contribution in [0.4, 0.5) is 17.3 Å². The maximum atomic E-state index is 12.1. The predicted molar refractivity (Wildman–Crippen MR) is 91.1 cm³/mol. The molecule has 0 aromatic carbocycles. The van der Waals surface area contributed by atoms with E-state index in [1.54, 1.807) is 12.4 Å². The zero-order chi connectivity index (χ0) is 16.4. The summed E-state index contributed by atoms with van der Waals surface area (Å²) in [5.41, 5.74) is 0.930. The molecule has 2 fully saturated rings. The number of hydrogen-bond donors (Lipinski definition) is 1. The highest BCUT2D eigenvalue weighted by Crippen LogP contribution is 2.31. The standard InChI is InChI=1S/C17H20N6O/c24-17(13-1-2-13)23-11-9-22(10-12-23)16-4-3-15(20-21-16)19-14-5-7-18-8-6-14/h3-8,13H,1-2,9-12H2,(H,18,19,20). The summed E-state index contributed by atoms with van der Waals surface area (Å²) in [5, 5.41) is 11.7. The first-order valence-electron chi connectivity index (χ1n) is 8.34. The molecule has 0 atom stereocenters. The number of amides is 1. The van der Waals surface area contributed by atoms with Gasteiger partial charge >= 0.3 is 0 Å². The van der Waals surface area contributed by atoms with Crippen molar-refractivity contribution in [3.05, 3.63) is 36.7 Å². The Hall–Kier alpha value is -2.70. The number of nitrogens with one attached hydrogen (secondary N) is 1. The normalized spacial score (nSPS) is 17.7. The minimum Gasteiger partial charge on any atom is -0.352 e. The van der Waals surface area contributed by atoms with Crippen molar-refractivity contribution >= 4 is 23.2 Å². The average Bonchev–Trinajstić information content (AvgIpc) is 3.48. The lowest BCUT2D eigenvalue weighted by Gasteiger charge is -2.35. The van der Waals surface area contributed by atoms with E-state index in [1.807, 2.05) is 29.2 Å². The molecule has 2 aromatic rings. The van der Waals surface area contributed by atoms with Gasteiger partial charge in [-0.15, -0.1) is 10.2 Å². The number of nitrogens with zero attached hydrogens (tertiary/aromatic N) is 5. The Balaban J connectivity index is 1.34. The summed E-state index contributed by atoms with van der Waals surface area (Å²) in [7, 11) is 0. The van der Waals surface area contributed by atoms with Crippen LogP contribution in [-0.2, 0) is 4.79 Å². The molecule has 1 aliphatic carbocycles. The molecule has 7 nitrogen and oxygen atoms in total. The van der Waals surface area contributed by atoms with Gasteiger partial charge in [0.15, 0.2) is 11.6 Å². The molecule has 1 aliphatic heterocycles. The fraction of sp³-hybridized carbons (Fsp3) is 0.412. The second-order valence-corrected chi connectivity index (χ2v) is 6.22. The molecule has 0 unspecified atom stereocenters. The van der Waals surface area contributed by atoms with E-state index in [9.17, 15) is 4.79 Å². The monoisotopic (exact) mass is 324 g/mol. The molecule has 3 heterocycles. The zero-order valence-electron chi connectivity index (χ0n) is 13.4. The van der Waals surface area contributed by atoms with Crippen molar-refractivity contribution in [2.75, 3.05) is 36.4 Å². The number of piperazine rings is 1. The van der Waals surface area contributed by atoms with E-state index in [1.165, 1.54) is 0 Å². The van der Waals surface area contributed by atoms with Crippen LogP contribution in [0.25, 0.3) is 0 Å². The lowest BCUT2D eigenvalue weighted by molar-refractivity contribution is -0.132. The zero-order valence-corrected chi connectivity index (χ0v) is 13.4. The van der Waals surface area contributed by atoms with Crippen LogP contribution in [0.3, 0.4) is 0 Å². The number of anilines is 3. The van der Waals surface area contributed by atoms with Crippen LogP contribution >= 0.6 is 0 Å². The first-order valence-corrected chi connectivity index (χ1v) is 8.34. The van der Waals surface area contributed by atoms with Gasteiger partial charge in [-0.2, -0.15) is 0 Å². The molecule has 4 rings (SSSR count). The molecule has 0 bridgehead atoms. The van der Waals surface area contributed by atoms with Gasteiger partial charge in [0.05, 0.1) is 0 Å². The summed E-state index contributed by atoms with van der Waals surface area (Å²) in [6.45, 7) is 3.16. The third-order valence-electron chi connectivity index (χ3n) is 4.45. The molecule has 1 N–H and O–H groups in total. The Morgan fingerprint density at radius 1 is 1.00 bits per heavy atom. The third kappa shape index (κ3) is 3.29. The summed E-state index contributed by atoms with van der Waals surface area (Å²) in [5.74, 6) is 2.19. The average molecular weight is 324 g/mol. The third-order valence-corrected chi connectivity index (χ3v) is 4.45. The quantitative estimate of drug-likeness (QED) is 0.922. The van der Waals surface area contributed by atoms with Gasteiger partial charge in [0.1, 0.15) is 0 Å². The lowest BCUT2D eigenvalue weighted by atomic mass is 10.2. The molecule has 2 aliphatic rings. The number of carbonyl (C=O) groups is 1. The van der Waals surface area contributed by atoms with Gasteiger partial charge in [0.25, 0.3) is 0 Å². The van der Waals surface area contributed by atoms with E-state index in [4.69, 9.17) is 0 Å². The SMILES string of the molecule is O=C(C1CC1)N1CCN(c2ccc(Nc3ccncc3)nn2)CC1. The first kappa shape index (κ1) is 14.9. The van der Waals surface area contributed by atoms with Crippen LogP contribution in [0.1, 0.15) is 12.8 Å². The van der Waals surface area contributed by atoms with Crippen molar-refractivity contribution in [3.63, 3.8) is 0 Å². The maximum Gasteiger partial charge on any atom is 0.225 e. The molecule has 124 valence electrons. The second kappa shape index (κ2) is 6.43. The minimum atomic E-state index is 0.301. The highest BCUT2D eigenvalue weighted by molar-refractivity contribution is 5.81. The van der Waals surface area contributed by atoms with E-state index in [-0.39, 0.29) is 0 Å². The van der Waals surface area contributed by atoms with Crippen molar-refractivity contribution in [1.82, 2.24) is 20.1 Å². The molecular formula is C17H20N6O. The number of rotatable bonds is 4. The van der Waals surface area contributed by atoms with Crippen molar-refractivity contribution < 1.29 is 4.79 Å². The van der Waals surface area contributed by atoms with Crippen molar-refractivity contribution in [1.29, 1.82) is 0 Å². The molecule has 2 aromatic heterocycles. The number of pyridine rings is 1. The van der Waals surface area contributed by atoms with E-state index in [0.29, 0.717) is 17.6 Å². The minimum absolute atomic E-state index is 0.301. The van der Waals surface area contributed by atoms with Crippen LogP contribution < -0.4 is 10.2 Å². The van der Waals surface area contributed by atoms with Crippen molar-refractivity contribution in [2.45, 2.75) is 12.8 Å². The predicted octanol–water partition coefficient (Wildman–Crippen LogP) is 1.67. The van der Waals surface area contributed by atoms with E-state index < -0.39 is 0 Å². The van der Waals surface area contributed by atoms with Gasteiger partial charge in [0.2, 0.25) is 5.91 Å².